The summed E-state index contributed by atoms with van der Waals surface area (Å²) in [6.07, 6.45) is 4.84. The maximum absolute atomic E-state index is 13.0. The summed E-state index contributed by atoms with van der Waals surface area (Å²) in [7, 11) is 0. The minimum Gasteiger partial charge on any atom is -0.507 e. The van der Waals surface area contributed by atoms with Gasteiger partial charge in [0, 0.05) is 31.1 Å². The van der Waals surface area contributed by atoms with Crippen molar-refractivity contribution in [2.24, 2.45) is 0 Å². The molecule has 2 aliphatic rings. The fourth-order valence-corrected chi connectivity index (χ4v) is 4.10. The van der Waals surface area contributed by atoms with E-state index < -0.39 is 17.7 Å². The molecule has 0 aliphatic carbocycles. The highest BCUT2D eigenvalue weighted by Crippen LogP contribution is 2.40. The van der Waals surface area contributed by atoms with Gasteiger partial charge in [0.25, 0.3) is 11.7 Å². The zero-order valence-electron chi connectivity index (χ0n) is 17.7. The van der Waals surface area contributed by atoms with E-state index in [2.05, 4.69) is 4.98 Å². The van der Waals surface area contributed by atoms with Crippen molar-refractivity contribution in [2.75, 3.05) is 13.2 Å². The van der Waals surface area contributed by atoms with Gasteiger partial charge in [-0.1, -0.05) is 18.2 Å². The van der Waals surface area contributed by atoms with Crippen molar-refractivity contribution >= 4 is 17.4 Å². The topological polar surface area (TPSA) is 89.0 Å². The molecule has 2 saturated heterocycles. The summed E-state index contributed by atoms with van der Waals surface area (Å²) in [6.45, 7) is 4.75. The summed E-state index contributed by atoms with van der Waals surface area (Å²) in [6, 6.07) is 9.71. The third-order valence-electron chi connectivity index (χ3n) is 5.44. The number of ketones is 1. The number of aliphatic hydroxyl groups excluding tert-OH is 1. The molecule has 2 unspecified atom stereocenters. The van der Waals surface area contributed by atoms with E-state index in [0.29, 0.717) is 23.5 Å². The highest BCUT2D eigenvalue weighted by molar-refractivity contribution is 6.46. The number of ether oxygens (including phenoxy) is 2. The lowest BCUT2D eigenvalue weighted by Gasteiger charge is -2.27. The van der Waals surface area contributed by atoms with Crippen LogP contribution < -0.4 is 4.74 Å². The van der Waals surface area contributed by atoms with Crippen LogP contribution in [0.25, 0.3) is 5.76 Å². The average Bonchev–Trinajstić information content (AvgIpc) is 3.36. The summed E-state index contributed by atoms with van der Waals surface area (Å²) in [4.78, 5) is 31.7. The highest BCUT2D eigenvalue weighted by Gasteiger charge is 2.47. The predicted molar refractivity (Wildman–Crippen MR) is 114 cm³/mol. The van der Waals surface area contributed by atoms with Gasteiger partial charge in [0.15, 0.2) is 0 Å². The first kappa shape index (κ1) is 21.1. The van der Waals surface area contributed by atoms with Crippen LogP contribution in [0.15, 0.2) is 54.4 Å². The van der Waals surface area contributed by atoms with Gasteiger partial charge in [-0.05, 0) is 50.5 Å². The van der Waals surface area contributed by atoms with Crippen molar-refractivity contribution < 1.29 is 24.2 Å². The average molecular weight is 422 g/mol. The molecule has 1 N–H and O–H groups in total. The minimum atomic E-state index is -0.729. The van der Waals surface area contributed by atoms with Crippen molar-refractivity contribution in [3.8, 4) is 5.75 Å². The Kier molecular flexibility index (Phi) is 6.04. The number of rotatable bonds is 6. The summed E-state index contributed by atoms with van der Waals surface area (Å²) >= 11 is 0. The molecule has 31 heavy (non-hydrogen) atoms. The molecule has 7 nitrogen and oxygen atoms in total. The van der Waals surface area contributed by atoms with E-state index in [1.807, 2.05) is 13.8 Å². The van der Waals surface area contributed by atoms with Crippen LogP contribution in [-0.2, 0) is 14.3 Å². The van der Waals surface area contributed by atoms with Crippen LogP contribution in [0.5, 0.6) is 5.75 Å². The number of benzene rings is 1. The van der Waals surface area contributed by atoms with E-state index >= 15 is 0 Å². The van der Waals surface area contributed by atoms with Crippen LogP contribution >= 0.6 is 0 Å². The van der Waals surface area contributed by atoms with Crippen LogP contribution in [0, 0.1) is 0 Å². The Morgan fingerprint density at radius 3 is 2.81 bits per heavy atom. The van der Waals surface area contributed by atoms with E-state index in [1.165, 1.54) is 4.90 Å². The van der Waals surface area contributed by atoms with E-state index in [4.69, 9.17) is 9.47 Å². The van der Waals surface area contributed by atoms with Crippen LogP contribution in [0.1, 0.15) is 43.9 Å². The molecule has 0 spiro atoms. The molecule has 1 amide bonds. The monoisotopic (exact) mass is 422 g/mol. The summed E-state index contributed by atoms with van der Waals surface area (Å²) in [5, 5.41) is 11.2. The van der Waals surface area contributed by atoms with Crippen molar-refractivity contribution in [3.05, 3.63) is 65.5 Å². The fraction of sp³-hybridized carbons (Fsp3) is 0.375. The van der Waals surface area contributed by atoms with Gasteiger partial charge in [0.1, 0.15) is 11.5 Å². The van der Waals surface area contributed by atoms with Crippen LogP contribution in [-0.4, -0.2) is 52.0 Å². The Balaban J connectivity index is 1.78. The molecule has 162 valence electrons. The Labute approximate surface area is 181 Å². The second-order valence-corrected chi connectivity index (χ2v) is 8.07. The van der Waals surface area contributed by atoms with E-state index in [1.54, 1.807) is 48.8 Å². The first-order valence-electron chi connectivity index (χ1n) is 10.5. The lowest BCUT2D eigenvalue weighted by atomic mass is 9.96. The largest absolute Gasteiger partial charge is 0.507 e. The smallest absolute Gasteiger partial charge is 0.295 e. The molecule has 3 heterocycles. The quantitative estimate of drug-likeness (QED) is 0.436. The van der Waals surface area contributed by atoms with Gasteiger partial charge in [-0.25, -0.2) is 0 Å². The van der Waals surface area contributed by atoms with Crippen LogP contribution in [0.3, 0.4) is 0 Å². The van der Waals surface area contributed by atoms with Crippen molar-refractivity contribution in [3.63, 3.8) is 0 Å². The molecule has 7 heteroatoms. The SMILES string of the molecule is CC(C)Oc1cccc(/C(O)=C2/C(=O)C(=O)N(CC3CCCO3)C2c2cccnc2)c1. The van der Waals surface area contributed by atoms with Crippen molar-refractivity contribution in [1.29, 1.82) is 0 Å². The number of hydrogen-bond donors (Lipinski definition) is 1. The Bertz CT molecular complexity index is 996. The zero-order chi connectivity index (χ0) is 22.0. The number of aromatic nitrogens is 1. The first-order valence-corrected chi connectivity index (χ1v) is 10.5. The normalized spacial score (nSPS) is 23.0. The molecule has 2 fully saturated rings. The van der Waals surface area contributed by atoms with Crippen LogP contribution in [0.2, 0.25) is 0 Å². The molecule has 0 saturated carbocycles. The summed E-state index contributed by atoms with van der Waals surface area (Å²) < 4.78 is 11.4. The predicted octanol–water partition coefficient (Wildman–Crippen LogP) is 3.47. The lowest BCUT2D eigenvalue weighted by molar-refractivity contribution is -0.140. The standard InChI is InChI=1S/C24H26N2O5/c1-15(2)31-18-8-3-6-16(12-18)22(27)20-21(17-7-4-10-25-13-17)26(24(29)23(20)28)14-19-9-5-11-30-19/h3-4,6-8,10,12-13,15,19,21,27H,5,9,11,14H2,1-2H3/b22-20-. The lowest BCUT2D eigenvalue weighted by Crippen LogP contribution is -2.36. The molecule has 2 aromatic rings. The first-order chi connectivity index (χ1) is 15.0. The molecule has 1 aromatic carbocycles. The van der Waals surface area contributed by atoms with Gasteiger partial charge in [-0.15, -0.1) is 0 Å². The minimum absolute atomic E-state index is 0.0372. The number of likely N-dealkylation sites (tertiary alicyclic amines) is 1. The second kappa shape index (κ2) is 8.89. The molecular formula is C24H26N2O5. The number of carbonyl (C=O) groups is 2. The maximum Gasteiger partial charge on any atom is 0.295 e. The number of amides is 1. The number of hydrogen-bond acceptors (Lipinski definition) is 6. The third kappa shape index (κ3) is 4.32. The van der Waals surface area contributed by atoms with Gasteiger partial charge in [0.05, 0.1) is 23.8 Å². The number of pyridine rings is 1. The number of Topliss-reactive ketones (excluding diaryl/α,β-unsaturated/α-hetero) is 1. The molecule has 0 bridgehead atoms. The maximum atomic E-state index is 13.0. The summed E-state index contributed by atoms with van der Waals surface area (Å²) in [5.41, 5.74) is 1.13. The van der Waals surface area contributed by atoms with Gasteiger partial charge >= 0.3 is 0 Å². The van der Waals surface area contributed by atoms with Crippen molar-refractivity contribution in [2.45, 2.75) is 44.9 Å². The molecular weight excluding hydrogens is 396 g/mol. The number of nitrogens with zero attached hydrogens (tertiary/aromatic N) is 2. The third-order valence-corrected chi connectivity index (χ3v) is 5.44. The van der Waals surface area contributed by atoms with E-state index in [9.17, 15) is 14.7 Å². The van der Waals surface area contributed by atoms with Gasteiger partial charge in [-0.2, -0.15) is 0 Å². The summed E-state index contributed by atoms with van der Waals surface area (Å²) in [5.74, 6) is -0.998. The highest BCUT2D eigenvalue weighted by atomic mass is 16.5. The van der Waals surface area contributed by atoms with E-state index in [-0.39, 0.29) is 30.1 Å². The second-order valence-electron chi connectivity index (χ2n) is 8.07. The Morgan fingerprint density at radius 2 is 2.13 bits per heavy atom. The molecule has 2 aliphatic heterocycles. The van der Waals surface area contributed by atoms with Crippen LogP contribution in [0.4, 0.5) is 0 Å². The number of carbonyl (C=O) groups excluding carboxylic acids is 2. The molecule has 0 radical (unpaired) electrons. The van der Waals surface area contributed by atoms with E-state index in [0.717, 1.165) is 12.8 Å². The van der Waals surface area contributed by atoms with Gasteiger partial charge in [0.2, 0.25) is 0 Å². The number of aliphatic hydroxyl groups is 1. The molecule has 2 atom stereocenters. The zero-order valence-corrected chi connectivity index (χ0v) is 17.7. The molecule has 4 rings (SSSR count). The Morgan fingerprint density at radius 1 is 1.29 bits per heavy atom. The van der Waals surface area contributed by atoms with Gasteiger partial charge in [-0.3, -0.25) is 14.6 Å². The van der Waals surface area contributed by atoms with Gasteiger partial charge < -0.3 is 19.5 Å². The Hall–Kier alpha value is -3.19. The fourth-order valence-electron chi connectivity index (χ4n) is 4.10. The molecule has 1 aromatic heterocycles. The van der Waals surface area contributed by atoms with Crippen molar-refractivity contribution in [1.82, 2.24) is 9.88 Å².